The number of aromatic nitrogens is 1. The summed E-state index contributed by atoms with van der Waals surface area (Å²) in [5, 5.41) is 6.72. The van der Waals surface area contributed by atoms with Crippen molar-refractivity contribution in [1.82, 2.24) is 4.98 Å². The number of rotatable bonds is 2. The van der Waals surface area contributed by atoms with E-state index in [9.17, 15) is 0 Å². The molecule has 0 saturated heterocycles. The molecular formula is C37H37GeNS. The van der Waals surface area contributed by atoms with Crippen LogP contribution >= 0.6 is 11.3 Å². The molecule has 0 atom stereocenters. The molecule has 3 heteroatoms. The molecule has 7 rings (SSSR count). The molecule has 1 aliphatic rings. The summed E-state index contributed by atoms with van der Waals surface area (Å²) in [4.78, 5) is 4.99. The Hall–Kier alpha value is -2.95. The molecule has 1 nitrogen and oxygen atoms in total. The van der Waals surface area contributed by atoms with E-state index in [4.69, 9.17) is 4.98 Å². The number of pyridine rings is 1. The van der Waals surface area contributed by atoms with Crippen LogP contribution in [0.25, 0.3) is 53.3 Å². The second kappa shape index (κ2) is 9.29. The summed E-state index contributed by atoms with van der Waals surface area (Å²) in [6.07, 6.45) is 4.62. The zero-order chi connectivity index (χ0) is 27.8. The second-order valence-electron chi connectivity index (χ2n) is 13.4. The summed E-state index contributed by atoms with van der Waals surface area (Å²) < 4.78 is 4.39. The summed E-state index contributed by atoms with van der Waals surface area (Å²) in [5.41, 5.74) is 9.49. The first-order valence-corrected chi connectivity index (χ1v) is 22.1. The number of thiophene rings is 1. The Bertz CT molecular complexity index is 1950. The monoisotopic (exact) mass is 601 g/mol. The van der Waals surface area contributed by atoms with Gasteiger partial charge in [-0.3, -0.25) is 0 Å². The van der Waals surface area contributed by atoms with Crippen molar-refractivity contribution < 1.29 is 0 Å². The molecule has 3 heterocycles. The SMILES string of the molecule is Cc1c(-c2ccc3[c](c2)[Ge]([CH3])([CH3])[CH2]CC3)ccc2c1sc1c(-c3cc(C(C)(C)C)c4ccccc4c3)nccc12. The van der Waals surface area contributed by atoms with E-state index < -0.39 is 13.3 Å². The molecule has 0 radical (unpaired) electrons. The molecule has 2 aromatic heterocycles. The molecule has 0 N–H and O–H groups in total. The average Bonchev–Trinajstić information content (AvgIpc) is 3.32. The first-order valence-electron chi connectivity index (χ1n) is 14.6. The molecule has 0 saturated carbocycles. The predicted molar refractivity (Wildman–Crippen MR) is 179 cm³/mol. The number of aryl methyl sites for hydroxylation is 2. The molecule has 0 aliphatic carbocycles. The molecule has 0 amide bonds. The minimum atomic E-state index is -1.92. The molecule has 0 unspecified atom stereocenters. The Morgan fingerprint density at radius 3 is 2.42 bits per heavy atom. The fraction of sp³-hybridized carbons (Fsp3) is 0.270. The predicted octanol–water partition coefficient (Wildman–Crippen LogP) is 10.4. The molecule has 6 aromatic rings. The van der Waals surface area contributed by atoms with E-state index in [1.807, 2.05) is 17.5 Å². The quantitative estimate of drug-likeness (QED) is 0.180. The third-order valence-electron chi connectivity index (χ3n) is 9.15. The summed E-state index contributed by atoms with van der Waals surface area (Å²) >= 11 is -0.00740. The van der Waals surface area contributed by atoms with Crippen molar-refractivity contribution in [1.29, 1.82) is 0 Å². The number of benzene rings is 4. The van der Waals surface area contributed by atoms with Gasteiger partial charge in [0.25, 0.3) is 0 Å². The van der Waals surface area contributed by atoms with E-state index in [1.165, 1.54) is 76.9 Å². The normalized spacial score (nSPS) is 15.2. The van der Waals surface area contributed by atoms with E-state index in [0.717, 1.165) is 5.69 Å². The number of hydrogen-bond donors (Lipinski definition) is 0. The van der Waals surface area contributed by atoms with Gasteiger partial charge < -0.3 is 0 Å². The third-order valence-corrected chi connectivity index (χ3v) is 17.9. The molecule has 0 fully saturated rings. The van der Waals surface area contributed by atoms with Gasteiger partial charge in [0, 0.05) is 0 Å². The molecule has 40 heavy (non-hydrogen) atoms. The van der Waals surface area contributed by atoms with E-state index >= 15 is 0 Å². The molecule has 1 aliphatic heterocycles. The van der Waals surface area contributed by atoms with Gasteiger partial charge in [-0.2, -0.15) is 0 Å². The third kappa shape index (κ3) is 4.14. The van der Waals surface area contributed by atoms with Crippen LogP contribution < -0.4 is 4.40 Å². The number of nitrogens with zero attached hydrogens (tertiary/aromatic N) is 1. The van der Waals surface area contributed by atoms with Gasteiger partial charge in [0.1, 0.15) is 0 Å². The van der Waals surface area contributed by atoms with E-state index in [1.54, 1.807) is 9.96 Å². The van der Waals surface area contributed by atoms with Crippen molar-refractivity contribution in [3.8, 4) is 22.4 Å². The van der Waals surface area contributed by atoms with Gasteiger partial charge in [0.15, 0.2) is 0 Å². The Kier molecular flexibility index (Phi) is 6.03. The number of fused-ring (bicyclic) bond motifs is 5. The van der Waals surface area contributed by atoms with Crippen LogP contribution in [0.4, 0.5) is 0 Å². The van der Waals surface area contributed by atoms with Crippen LogP contribution in [0.15, 0.2) is 79.0 Å². The Morgan fingerprint density at radius 1 is 0.800 bits per heavy atom. The van der Waals surface area contributed by atoms with Gasteiger partial charge in [0.05, 0.1) is 0 Å². The molecule has 0 spiro atoms. The minimum absolute atomic E-state index is 0.0441. The summed E-state index contributed by atoms with van der Waals surface area (Å²) in [7, 11) is 0. The van der Waals surface area contributed by atoms with Crippen LogP contribution in [0.5, 0.6) is 0 Å². The Labute approximate surface area is 244 Å². The number of hydrogen-bond acceptors (Lipinski definition) is 2. The van der Waals surface area contributed by atoms with Crippen molar-refractivity contribution in [3.63, 3.8) is 0 Å². The van der Waals surface area contributed by atoms with Crippen LogP contribution in [0.3, 0.4) is 0 Å². The zero-order valence-corrected chi connectivity index (χ0v) is 27.4. The molecular weight excluding hydrogens is 563 g/mol. The standard InChI is InChI=1S/C37H37GeNS/c1-23-28(26-14-13-24-11-9-18-38(5,6)33(24)22-26)15-16-30-31-17-19-39-34(36(31)40-35(23)30)27-20-25-10-7-8-12-29(25)32(21-27)37(2,3)4/h7-8,10,12-17,19-22H,9,11,18H2,1-6H3. The summed E-state index contributed by atoms with van der Waals surface area (Å²) in [6.45, 7) is 9.24. The van der Waals surface area contributed by atoms with Crippen molar-refractivity contribution in [2.45, 2.75) is 62.7 Å². The molecule has 0 bridgehead atoms. The van der Waals surface area contributed by atoms with Crippen LogP contribution in [-0.4, -0.2) is 18.3 Å². The van der Waals surface area contributed by atoms with E-state index in [-0.39, 0.29) is 5.41 Å². The summed E-state index contributed by atoms with van der Waals surface area (Å²) in [6, 6.07) is 27.8. The van der Waals surface area contributed by atoms with Crippen molar-refractivity contribution in [2.24, 2.45) is 0 Å². The van der Waals surface area contributed by atoms with Crippen molar-refractivity contribution in [2.75, 3.05) is 0 Å². The van der Waals surface area contributed by atoms with Crippen LogP contribution in [0, 0.1) is 6.92 Å². The summed E-state index contributed by atoms with van der Waals surface area (Å²) in [5.74, 6) is 5.19. The van der Waals surface area contributed by atoms with Gasteiger partial charge in [0.2, 0.25) is 0 Å². The zero-order valence-electron chi connectivity index (χ0n) is 24.5. The molecule has 4 aromatic carbocycles. The maximum atomic E-state index is 4.99. The van der Waals surface area contributed by atoms with E-state index in [2.05, 4.69) is 112 Å². The van der Waals surface area contributed by atoms with Crippen LogP contribution in [-0.2, 0) is 11.8 Å². The topological polar surface area (TPSA) is 12.9 Å². The second-order valence-corrected chi connectivity index (χ2v) is 24.5. The van der Waals surface area contributed by atoms with Crippen molar-refractivity contribution >= 4 is 59.9 Å². The van der Waals surface area contributed by atoms with Crippen molar-refractivity contribution in [3.05, 3.63) is 95.7 Å². The Balaban J connectivity index is 1.42. The molecule has 200 valence electrons. The van der Waals surface area contributed by atoms with Gasteiger partial charge in [-0.25, -0.2) is 0 Å². The van der Waals surface area contributed by atoms with E-state index in [0.29, 0.717) is 0 Å². The fourth-order valence-electron chi connectivity index (χ4n) is 6.93. The maximum absolute atomic E-state index is 4.99. The Morgan fingerprint density at radius 2 is 1.60 bits per heavy atom. The first kappa shape index (κ1) is 26.0. The first-order chi connectivity index (χ1) is 19.1. The van der Waals surface area contributed by atoms with Crippen LogP contribution in [0.1, 0.15) is 43.9 Å². The van der Waals surface area contributed by atoms with Gasteiger partial charge in [-0.15, -0.1) is 0 Å². The fourth-order valence-corrected chi connectivity index (χ4v) is 14.4. The van der Waals surface area contributed by atoms with Gasteiger partial charge in [-0.1, -0.05) is 45.0 Å². The van der Waals surface area contributed by atoms with Crippen LogP contribution in [0.2, 0.25) is 16.8 Å². The van der Waals surface area contributed by atoms with Gasteiger partial charge >= 0.3 is 190 Å². The average molecular weight is 600 g/mol. The van der Waals surface area contributed by atoms with Gasteiger partial charge in [-0.05, 0) is 10.8 Å².